The van der Waals surface area contributed by atoms with E-state index in [4.69, 9.17) is 21.1 Å². The van der Waals surface area contributed by atoms with Gasteiger partial charge in [0.1, 0.15) is 17.3 Å². The molecule has 170 valence electrons. The van der Waals surface area contributed by atoms with E-state index in [0.717, 1.165) is 19.3 Å². The summed E-state index contributed by atoms with van der Waals surface area (Å²) in [4.78, 5) is 27.5. The number of aliphatic hydroxyl groups excluding tert-OH is 1. The van der Waals surface area contributed by atoms with E-state index in [2.05, 4.69) is 0 Å². The summed E-state index contributed by atoms with van der Waals surface area (Å²) in [5.41, 5.74) is 1.00. The maximum absolute atomic E-state index is 13.1. The van der Waals surface area contributed by atoms with Crippen molar-refractivity contribution in [1.82, 2.24) is 4.90 Å². The van der Waals surface area contributed by atoms with Gasteiger partial charge in [0.05, 0.1) is 30.9 Å². The number of amides is 1. The Labute approximate surface area is 193 Å². The van der Waals surface area contributed by atoms with Crippen molar-refractivity contribution >= 4 is 29.1 Å². The molecule has 1 heterocycles. The lowest BCUT2D eigenvalue weighted by Crippen LogP contribution is -2.30. The summed E-state index contributed by atoms with van der Waals surface area (Å²) in [6, 6.07) is 11.3. The van der Waals surface area contributed by atoms with E-state index in [1.54, 1.807) is 12.1 Å². The molecule has 0 spiro atoms. The number of nitrogens with zero attached hydrogens (tertiary/aromatic N) is 1. The summed E-state index contributed by atoms with van der Waals surface area (Å²) in [5, 5.41) is 11.6. The van der Waals surface area contributed by atoms with Crippen LogP contribution in [0.25, 0.3) is 5.76 Å². The zero-order valence-corrected chi connectivity index (χ0v) is 19.3. The first kappa shape index (κ1) is 23.7. The molecule has 1 fully saturated rings. The van der Waals surface area contributed by atoms with Crippen molar-refractivity contribution in [3.05, 3.63) is 64.2 Å². The van der Waals surface area contributed by atoms with Gasteiger partial charge in [-0.05, 0) is 48.7 Å². The van der Waals surface area contributed by atoms with Crippen LogP contribution in [0.1, 0.15) is 50.3 Å². The Morgan fingerprint density at radius 1 is 1.09 bits per heavy atom. The summed E-state index contributed by atoms with van der Waals surface area (Å²) in [6.07, 6.45) is 2.49. The summed E-state index contributed by atoms with van der Waals surface area (Å²) < 4.78 is 11.0. The number of rotatable bonds is 9. The Hall–Kier alpha value is -2.99. The third-order valence-corrected chi connectivity index (χ3v) is 5.61. The van der Waals surface area contributed by atoms with E-state index in [1.807, 2.05) is 38.1 Å². The van der Waals surface area contributed by atoms with E-state index in [0.29, 0.717) is 35.2 Å². The zero-order valence-electron chi connectivity index (χ0n) is 18.6. The van der Waals surface area contributed by atoms with Gasteiger partial charge in [-0.1, -0.05) is 44.0 Å². The molecule has 0 bridgehead atoms. The molecule has 32 heavy (non-hydrogen) atoms. The number of halogens is 1. The molecule has 1 unspecified atom stereocenters. The van der Waals surface area contributed by atoms with Gasteiger partial charge in [0, 0.05) is 11.6 Å². The van der Waals surface area contributed by atoms with Crippen LogP contribution in [0.5, 0.6) is 11.5 Å². The predicted octanol–water partition coefficient (Wildman–Crippen LogP) is 5.36. The minimum atomic E-state index is -0.725. The number of aliphatic hydroxyl groups is 1. The van der Waals surface area contributed by atoms with Crippen molar-refractivity contribution in [1.29, 1.82) is 0 Å². The number of carbonyl (C=O) groups is 2. The second-order valence-corrected chi connectivity index (χ2v) is 8.04. The number of carbonyl (C=O) groups excluding carboxylic acids is 2. The minimum Gasteiger partial charge on any atom is -0.507 e. The lowest BCUT2D eigenvalue weighted by Gasteiger charge is -2.25. The Kier molecular flexibility index (Phi) is 7.80. The fourth-order valence-electron chi connectivity index (χ4n) is 3.76. The molecule has 1 saturated heterocycles. The largest absolute Gasteiger partial charge is 0.507 e. The molecule has 1 aliphatic heterocycles. The van der Waals surface area contributed by atoms with E-state index in [9.17, 15) is 14.7 Å². The van der Waals surface area contributed by atoms with Crippen LogP contribution in [-0.4, -0.2) is 42.0 Å². The number of ether oxygens (including phenoxy) is 2. The van der Waals surface area contributed by atoms with Crippen molar-refractivity contribution in [3.8, 4) is 11.5 Å². The summed E-state index contributed by atoms with van der Waals surface area (Å²) in [6.45, 7) is 5.05. The first-order valence-electron chi connectivity index (χ1n) is 10.8. The van der Waals surface area contributed by atoms with Gasteiger partial charge >= 0.3 is 0 Å². The van der Waals surface area contributed by atoms with Crippen LogP contribution >= 0.6 is 11.6 Å². The normalized spacial score (nSPS) is 17.6. The first-order valence-corrected chi connectivity index (χ1v) is 11.2. The van der Waals surface area contributed by atoms with Gasteiger partial charge in [-0.3, -0.25) is 9.59 Å². The fourth-order valence-corrected chi connectivity index (χ4v) is 3.93. The van der Waals surface area contributed by atoms with Crippen molar-refractivity contribution in [2.45, 2.75) is 39.2 Å². The Balaban J connectivity index is 2.14. The molecular weight excluding hydrogens is 430 g/mol. The van der Waals surface area contributed by atoms with Gasteiger partial charge in [0.2, 0.25) is 0 Å². The molecular formula is C25H28ClNO5. The average Bonchev–Trinajstić information content (AvgIpc) is 3.06. The van der Waals surface area contributed by atoms with Crippen LogP contribution in [0.2, 0.25) is 5.02 Å². The number of ketones is 1. The van der Waals surface area contributed by atoms with Crippen molar-refractivity contribution in [3.63, 3.8) is 0 Å². The smallest absolute Gasteiger partial charge is 0.295 e. The highest BCUT2D eigenvalue weighted by Crippen LogP contribution is 2.41. The molecule has 0 radical (unpaired) electrons. The molecule has 6 nitrogen and oxygen atoms in total. The minimum absolute atomic E-state index is 0.0221. The van der Waals surface area contributed by atoms with Crippen LogP contribution in [0.3, 0.4) is 0 Å². The quantitative estimate of drug-likeness (QED) is 0.311. The van der Waals surface area contributed by atoms with Gasteiger partial charge in [-0.2, -0.15) is 0 Å². The lowest BCUT2D eigenvalue weighted by atomic mass is 9.95. The lowest BCUT2D eigenvalue weighted by molar-refractivity contribution is -0.139. The molecule has 0 aromatic heterocycles. The molecule has 2 aromatic rings. The second-order valence-electron chi connectivity index (χ2n) is 7.61. The maximum Gasteiger partial charge on any atom is 0.295 e. The van der Waals surface area contributed by atoms with Crippen molar-refractivity contribution < 1.29 is 24.2 Å². The zero-order chi connectivity index (χ0) is 23.3. The predicted molar refractivity (Wildman–Crippen MR) is 124 cm³/mol. The van der Waals surface area contributed by atoms with Crippen LogP contribution in [0, 0.1) is 0 Å². The first-order chi connectivity index (χ1) is 15.4. The molecule has 7 heteroatoms. The van der Waals surface area contributed by atoms with Gasteiger partial charge < -0.3 is 19.5 Å². The van der Waals surface area contributed by atoms with E-state index >= 15 is 0 Å². The van der Waals surface area contributed by atoms with E-state index in [1.165, 1.54) is 18.1 Å². The van der Waals surface area contributed by atoms with Crippen LogP contribution in [-0.2, 0) is 9.59 Å². The number of unbranched alkanes of at least 4 members (excludes halogenated alkanes) is 1. The van der Waals surface area contributed by atoms with E-state index < -0.39 is 17.7 Å². The SMILES string of the molecule is CCCCN1C(=O)C(=O)/C(=C(/O)c2cc(Cl)ccc2OC)C1c1ccc(OCCC)cc1. The van der Waals surface area contributed by atoms with Crippen LogP contribution in [0.4, 0.5) is 0 Å². The standard InChI is InChI=1S/C25H28ClNO5/c1-4-6-13-27-22(16-7-10-18(11-8-16)32-14-5-2)21(24(29)25(27)30)23(28)19-15-17(26)9-12-20(19)31-3/h7-12,15,22,28H,4-6,13-14H2,1-3H3/b23-21+. The molecule has 0 aliphatic carbocycles. The van der Waals surface area contributed by atoms with Crippen LogP contribution < -0.4 is 9.47 Å². The second kappa shape index (κ2) is 10.6. The number of hydrogen-bond acceptors (Lipinski definition) is 5. The third kappa shape index (κ3) is 4.75. The Morgan fingerprint density at radius 2 is 1.81 bits per heavy atom. The Morgan fingerprint density at radius 3 is 2.44 bits per heavy atom. The third-order valence-electron chi connectivity index (χ3n) is 5.38. The topological polar surface area (TPSA) is 76.1 Å². The number of Topliss-reactive ketones (excluding diaryl/α,β-unsaturated/α-hetero) is 1. The van der Waals surface area contributed by atoms with Gasteiger partial charge in [-0.15, -0.1) is 0 Å². The highest BCUT2D eigenvalue weighted by molar-refractivity contribution is 6.46. The fraction of sp³-hybridized carbons (Fsp3) is 0.360. The number of benzene rings is 2. The molecule has 2 aromatic carbocycles. The summed E-state index contributed by atoms with van der Waals surface area (Å²) >= 11 is 6.13. The highest BCUT2D eigenvalue weighted by atomic mass is 35.5. The monoisotopic (exact) mass is 457 g/mol. The number of methoxy groups -OCH3 is 1. The van der Waals surface area contributed by atoms with Crippen molar-refractivity contribution in [2.24, 2.45) is 0 Å². The maximum atomic E-state index is 13.1. The Bertz CT molecular complexity index is 1020. The molecule has 1 aliphatic rings. The molecule has 1 atom stereocenters. The van der Waals surface area contributed by atoms with E-state index in [-0.39, 0.29) is 16.9 Å². The summed E-state index contributed by atoms with van der Waals surface area (Å²) in [5.74, 6) is -0.599. The van der Waals surface area contributed by atoms with Gasteiger partial charge in [-0.25, -0.2) is 0 Å². The molecule has 1 N–H and O–H groups in total. The van der Waals surface area contributed by atoms with Crippen molar-refractivity contribution in [2.75, 3.05) is 20.3 Å². The van der Waals surface area contributed by atoms with Crippen LogP contribution in [0.15, 0.2) is 48.0 Å². The molecule has 0 saturated carbocycles. The average molecular weight is 458 g/mol. The number of hydrogen-bond donors (Lipinski definition) is 1. The summed E-state index contributed by atoms with van der Waals surface area (Å²) in [7, 11) is 1.46. The molecule has 1 amide bonds. The molecule has 3 rings (SSSR count). The van der Waals surface area contributed by atoms with Gasteiger partial charge in [0.15, 0.2) is 0 Å². The van der Waals surface area contributed by atoms with Gasteiger partial charge in [0.25, 0.3) is 11.7 Å². The number of likely N-dealkylation sites (tertiary alicyclic amines) is 1. The highest BCUT2D eigenvalue weighted by Gasteiger charge is 2.46.